The molecule has 6 nitrogen and oxygen atoms in total. The average Bonchev–Trinajstić information content (AvgIpc) is 2.53. The summed E-state index contributed by atoms with van der Waals surface area (Å²) >= 11 is 0. The Hall–Kier alpha value is -2.11. The van der Waals surface area contributed by atoms with Crippen LogP contribution in [0, 0.1) is 5.92 Å². The molecule has 0 unspecified atom stereocenters. The maximum Gasteiger partial charge on any atom is 0.410 e. The number of hydrogen-bond donors (Lipinski definition) is 1. The van der Waals surface area contributed by atoms with Crippen molar-refractivity contribution >= 4 is 12.0 Å². The van der Waals surface area contributed by atoms with E-state index in [2.05, 4.69) is 10.3 Å². The van der Waals surface area contributed by atoms with Crippen LogP contribution in [-0.4, -0.2) is 47.1 Å². The summed E-state index contributed by atoms with van der Waals surface area (Å²) in [5.74, 6) is 0.416. The van der Waals surface area contributed by atoms with Crippen LogP contribution in [0.25, 0.3) is 0 Å². The van der Waals surface area contributed by atoms with Crippen LogP contribution in [0.2, 0.25) is 0 Å². The molecule has 24 heavy (non-hydrogen) atoms. The van der Waals surface area contributed by atoms with Gasteiger partial charge < -0.3 is 15.0 Å². The number of piperidine rings is 1. The molecule has 0 aromatic carbocycles. The number of carbonyl (C=O) groups excluding carboxylic acids is 2. The van der Waals surface area contributed by atoms with Crippen molar-refractivity contribution < 1.29 is 14.3 Å². The third-order valence-corrected chi connectivity index (χ3v) is 3.94. The van der Waals surface area contributed by atoms with Crippen molar-refractivity contribution in [1.82, 2.24) is 15.2 Å². The summed E-state index contributed by atoms with van der Waals surface area (Å²) in [5, 5.41) is 2.98. The third-order valence-electron chi connectivity index (χ3n) is 3.94. The fraction of sp³-hybridized carbons (Fsp3) is 0.611. The number of ether oxygens (including phenoxy) is 1. The van der Waals surface area contributed by atoms with Gasteiger partial charge in [-0.2, -0.15) is 0 Å². The highest BCUT2D eigenvalue weighted by atomic mass is 16.6. The van der Waals surface area contributed by atoms with Crippen LogP contribution >= 0.6 is 0 Å². The zero-order chi connectivity index (χ0) is 17.6. The molecule has 2 amide bonds. The van der Waals surface area contributed by atoms with Gasteiger partial charge in [-0.05, 0) is 51.2 Å². The molecule has 1 aromatic rings. The van der Waals surface area contributed by atoms with Crippen molar-refractivity contribution in [3.63, 3.8) is 0 Å². The Balaban J connectivity index is 1.68. The van der Waals surface area contributed by atoms with Crippen LogP contribution < -0.4 is 5.32 Å². The third kappa shape index (κ3) is 6.18. The second-order valence-corrected chi connectivity index (χ2v) is 7.25. The first kappa shape index (κ1) is 18.2. The van der Waals surface area contributed by atoms with Crippen molar-refractivity contribution in [2.24, 2.45) is 5.92 Å². The molecule has 0 saturated carbocycles. The van der Waals surface area contributed by atoms with Crippen LogP contribution in [0.5, 0.6) is 0 Å². The fourth-order valence-electron chi connectivity index (χ4n) is 2.65. The van der Waals surface area contributed by atoms with E-state index in [0.717, 1.165) is 18.4 Å². The molecule has 0 radical (unpaired) electrons. The lowest BCUT2D eigenvalue weighted by Crippen LogP contribution is -2.43. The Kier molecular flexibility index (Phi) is 6.17. The standard InChI is InChI=1S/C18H27N3O3/c1-18(2,3)24-17(23)21-9-6-14(7-10-21)13-20-16(22)11-15-5-4-8-19-12-15/h4-5,8,12,14H,6-7,9-11,13H2,1-3H3,(H,20,22). The summed E-state index contributed by atoms with van der Waals surface area (Å²) in [6.07, 6.45) is 5.27. The molecule has 0 aliphatic carbocycles. The second-order valence-electron chi connectivity index (χ2n) is 7.25. The van der Waals surface area contributed by atoms with Gasteiger partial charge in [0.1, 0.15) is 5.60 Å². The normalized spacial score (nSPS) is 15.9. The molecule has 1 aromatic heterocycles. The minimum atomic E-state index is -0.464. The van der Waals surface area contributed by atoms with Gasteiger partial charge in [0.05, 0.1) is 6.42 Å². The van der Waals surface area contributed by atoms with Crippen molar-refractivity contribution in [3.8, 4) is 0 Å². The number of amides is 2. The summed E-state index contributed by atoms with van der Waals surface area (Å²) < 4.78 is 5.39. The van der Waals surface area contributed by atoms with Gasteiger partial charge in [-0.25, -0.2) is 4.79 Å². The average molecular weight is 333 g/mol. The Morgan fingerprint density at radius 2 is 2.04 bits per heavy atom. The van der Waals surface area contributed by atoms with Gasteiger partial charge in [0.2, 0.25) is 5.91 Å². The second kappa shape index (κ2) is 8.13. The van der Waals surface area contributed by atoms with Crippen molar-refractivity contribution in [1.29, 1.82) is 0 Å². The molecule has 2 heterocycles. The highest BCUT2D eigenvalue weighted by Gasteiger charge is 2.26. The Morgan fingerprint density at radius 3 is 2.62 bits per heavy atom. The highest BCUT2D eigenvalue weighted by Crippen LogP contribution is 2.19. The number of hydrogen-bond acceptors (Lipinski definition) is 4. The van der Waals surface area contributed by atoms with Gasteiger partial charge in [-0.15, -0.1) is 0 Å². The summed E-state index contributed by atoms with van der Waals surface area (Å²) in [7, 11) is 0. The van der Waals surface area contributed by atoms with Crippen LogP contribution in [0.1, 0.15) is 39.2 Å². The molecule has 6 heteroatoms. The maximum absolute atomic E-state index is 12.0. The largest absolute Gasteiger partial charge is 0.444 e. The zero-order valence-corrected chi connectivity index (χ0v) is 14.7. The van der Waals surface area contributed by atoms with Crippen molar-refractivity contribution in [3.05, 3.63) is 30.1 Å². The molecule has 0 bridgehead atoms. The van der Waals surface area contributed by atoms with Crippen LogP contribution in [0.3, 0.4) is 0 Å². The quantitative estimate of drug-likeness (QED) is 0.918. The topological polar surface area (TPSA) is 71.5 Å². The van der Waals surface area contributed by atoms with Crippen molar-refractivity contribution in [2.75, 3.05) is 19.6 Å². The lowest BCUT2D eigenvalue weighted by molar-refractivity contribution is -0.120. The smallest absolute Gasteiger partial charge is 0.410 e. The summed E-state index contributed by atoms with van der Waals surface area (Å²) in [4.78, 5) is 29.7. The number of rotatable bonds is 4. The number of pyridine rings is 1. The summed E-state index contributed by atoms with van der Waals surface area (Å²) in [6.45, 7) is 7.62. The predicted octanol–water partition coefficient (Wildman–Crippen LogP) is 2.39. The first-order valence-corrected chi connectivity index (χ1v) is 8.47. The van der Waals surface area contributed by atoms with E-state index in [9.17, 15) is 9.59 Å². The van der Waals surface area contributed by atoms with Crippen LogP contribution in [0.15, 0.2) is 24.5 Å². The van der Waals surface area contributed by atoms with E-state index in [4.69, 9.17) is 4.74 Å². The fourth-order valence-corrected chi connectivity index (χ4v) is 2.65. The monoisotopic (exact) mass is 333 g/mol. The molecular weight excluding hydrogens is 306 g/mol. The van der Waals surface area contributed by atoms with Gasteiger partial charge in [-0.3, -0.25) is 9.78 Å². The highest BCUT2D eigenvalue weighted by molar-refractivity contribution is 5.78. The van der Waals surface area contributed by atoms with Crippen molar-refractivity contribution in [2.45, 2.75) is 45.6 Å². The lowest BCUT2D eigenvalue weighted by atomic mass is 9.97. The molecule has 1 aliphatic heterocycles. The van der Waals surface area contributed by atoms with E-state index >= 15 is 0 Å². The Labute approximate surface area is 143 Å². The minimum absolute atomic E-state index is 0.0116. The molecule has 1 aliphatic rings. The molecule has 1 fully saturated rings. The van der Waals surface area contributed by atoms with Gasteiger partial charge in [0.15, 0.2) is 0 Å². The lowest BCUT2D eigenvalue weighted by Gasteiger charge is -2.33. The molecule has 1 N–H and O–H groups in total. The van der Waals surface area contributed by atoms with Gasteiger partial charge in [0, 0.05) is 32.0 Å². The van der Waals surface area contributed by atoms with E-state index in [1.165, 1.54) is 0 Å². The summed E-state index contributed by atoms with van der Waals surface area (Å²) in [5.41, 5.74) is 0.448. The maximum atomic E-state index is 12.0. The van der Waals surface area contributed by atoms with Crippen LogP contribution in [-0.2, 0) is 16.0 Å². The molecule has 0 atom stereocenters. The first-order chi connectivity index (χ1) is 11.3. The van der Waals surface area contributed by atoms with E-state index in [0.29, 0.717) is 32.0 Å². The number of nitrogens with one attached hydrogen (secondary N) is 1. The predicted molar refractivity (Wildman–Crippen MR) is 91.5 cm³/mol. The van der Waals surface area contributed by atoms with E-state index in [1.54, 1.807) is 17.3 Å². The molecule has 0 spiro atoms. The SMILES string of the molecule is CC(C)(C)OC(=O)N1CCC(CNC(=O)Cc2cccnc2)CC1. The van der Waals surface area contributed by atoms with Gasteiger partial charge >= 0.3 is 6.09 Å². The Bertz CT molecular complexity index is 546. The zero-order valence-electron chi connectivity index (χ0n) is 14.7. The first-order valence-electron chi connectivity index (χ1n) is 8.47. The van der Waals surface area contributed by atoms with E-state index < -0.39 is 5.60 Å². The summed E-state index contributed by atoms with van der Waals surface area (Å²) in [6, 6.07) is 3.72. The molecule has 2 rings (SSSR count). The number of nitrogens with zero attached hydrogens (tertiary/aromatic N) is 2. The van der Waals surface area contributed by atoms with E-state index in [1.807, 2.05) is 32.9 Å². The number of aromatic nitrogens is 1. The minimum Gasteiger partial charge on any atom is -0.444 e. The number of carbonyl (C=O) groups is 2. The number of likely N-dealkylation sites (tertiary alicyclic amines) is 1. The molecular formula is C18H27N3O3. The van der Waals surface area contributed by atoms with Crippen LogP contribution in [0.4, 0.5) is 4.79 Å². The van der Waals surface area contributed by atoms with Gasteiger partial charge in [-0.1, -0.05) is 6.07 Å². The Morgan fingerprint density at radius 1 is 1.33 bits per heavy atom. The van der Waals surface area contributed by atoms with Gasteiger partial charge in [0.25, 0.3) is 0 Å². The molecule has 1 saturated heterocycles. The van der Waals surface area contributed by atoms with E-state index in [-0.39, 0.29) is 12.0 Å². The molecule has 132 valence electrons.